The lowest BCUT2D eigenvalue weighted by atomic mass is 10.1. The van der Waals surface area contributed by atoms with Gasteiger partial charge in [0.1, 0.15) is 11.6 Å². The fourth-order valence-corrected chi connectivity index (χ4v) is 5.55. The van der Waals surface area contributed by atoms with E-state index in [2.05, 4.69) is 4.72 Å². The summed E-state index contributed by atoms with van der Waals surface area (Å²) in [6.07, 6.45) is 0.137. The molecule has 0 aliphatic rings. The van der Waals surface area contributed by atoms with Crippen LogP contribution in [0.25, 0.3) is 0 Å². The van der Waals surface area contributed by atoms with Gasteiger partial charge in [0.25, 0.3) is 0 Å². The molecule has 0 aromatic heterocycles. The molecule has 0 aliphatic heterocycles. The van der Waals surface area contributed by atoms with Gasteiger partial charge < -0.3 is 0 Å². The highest BCUT2D eigenvalue weighted by molar-refractivity contribution is 7.91. The monoisotopic (exact) mass is 451 g/mol. The third kappa shape index (κ3) is 4.75. The molecular weight excluding hydrogens is 432 g/mol. The topological polar surface area (TPSA) is 80.3 Å². The molecule has 3 aromatic rings. The summed E-state index contributed by atoms with van der Waals surface area (Å²) in [5, 5.41) is 0. The average molecular weight is 452 g/mol. The predicted octanol–water partition coefficient (Wildman–Crippen LogP) is 3.63. The fraction of sp³-hybridized carbons (Fsp3) is 0.143. The zero-order valence-corrected chi connectivity index (χ0v) is 17.6. The molecule has 0 unspecified atom stereocenters. The van der Waals surface area contributed by atoms with E-state index in [1.807, 2.05) is 0 Å². The first-order valence-corrected chi connectivity index (χ1v) is 11.9. The summed E-state index contributed by atoms with van der Waals surface area (Å²) >= 11 is 0. The number of rotatable bonds is 7. The van der Waals surface area contributed by atoms with Crippen molar-refractivity contribution in [2.45, 2.75) is 28.0 Å². The third-order valence-electron chi connectivity index (χ3n) is 4.53. The van der Waals surface area contributed by atoms with Crippen molar-refractivity contribution in [3.05, 3.63) is 89.5 Å². The van der Waals surface area contributed by atoms with Gasteiger partial charge in [0.05, 0.1) is 14.7 Å². The molecule has 1 N–H and O–H groups in total. The van der Waals surface area contributed by atoms with Crippen molar-refractivity contribution >= 4 is 19.9 Å². The zero-order valence-electron chi connectivity index (χ0n) is 16.0. The van der Waals surface area contributed by atoms with Gasteiger partial charge in [-0.1, -0.05) is 24.3 Å². The number of hydrogen-bond acceptors (Lipinski definition) is 4. The molecule has 0 heterocycles. The molecule has 0 saturated heterocycles. The Kier molecular flexibility index (Phi) is 6.35. The van der Waals surface area contributed by atoms with Crippen LogP contribution in [0.4, 0.5) is 8.78 Å². The smallest absolute Gasteiger partial charge is 0.219 e. The van der Waals surface area contributed by atoms with Crippen molar-refractivity contribution in [3.63, 3.8) is 0 Å². The second-order valence-electron chi connectivity index (χ2n) is 6.62. The van der Waals surface area contributed by atoms with E-state index in [4.69, 9.17) is 0 Å². The largest absolute Gasteiger partial charge is 0.240 e. The minimum absolute atomic E-state index is 0.0579. The Morgan fingerprint density at radius 3 is 2.13 bits per heavy atom. The van der Waals surface area contributed by atoms with E-state index in [1.165, 1.54) is 18.2 Å². The first-order valence-electron chi connectivity index (χ1n) is 8.95. The van der Waals surface area contributed by atoms with Crippen LogP contribution in [-0.4, -0.2) is 23.4 Å². The maximum absolute atomic E-state index is 13.7. The molecule has 0 atom stereocenters. The SMILES string of the molecule is Cc1ccc(S(=O)(=O)c2ccc(F)cc2)cc1S(=O)(=O)NCCc1ccccc1F. The second kappa shape index (κ2) is 8.63. The van der Waals surface area contributed by atoms with E-state index < -0.39 is 31.5 Å². The number of sulfonamides is 1. The van der Waals surface area contributed by atoms with E-state index >= 15 is 0 Å². The maximum atomic E-state index is 13.7. The molecule has 158 valence electrons. The van der Waals surface area contributed by atoms with Crippen LogP contribution >= 0.6 is 0 Å². The normalized spacial score (nSPS) is 12.1. The minimum atomic E-state index is -4.04. The van der Waals surface area contributed by atoms with E-state index in [-0.39, 0.29) is 27.7 Å². The lowest BCUT2D eigenvalue weighted by Crippen LogP contribution is -2.27. The maximum Gasteiger partial charge on any atom is 0.240 e. The molecule has 9 heteroatoms. The summed E-state index contributed by atoms with van der Waals surface area (Å²) in [4.78, 5) is -0.572. The van der Waals surface area contributed by atoms with Gasteiger partial charge in [-0.2, -0.15) is 0 Å². The van der Waals surface area contributed by atoms with Crippen molar-refractivity contribution in [1.29, 1.82) is 0 Å². The van der Waals surface area contributed by atoms with E-state index in [9.17, 15) is 25.6 Å². The van der Waals surface area contributed by atoms with Crippen LogP contribution < -0.4 is 4.72 Å². The molecule has 3 rings (SSSR count). The summed E-state index contributed by atoms with van der Waals surface area (Å²) in [7, 11) is -8.08. The van der Waals surface area contributed by atoms with Crippen LogP contribution in [0.2, 0.25) is 0 Å². The fourth-order valence-electron chi connectivity index (χ4n) is 2.89. The Balaban J connectivity index is 1.86. The highest BCUT2D eigenvalue weighted by Crippen LogP contribution is 2.25. The summed E-state index contributed by atoms with van der Waals surface area (Å²) in [6, 6.07) is 14.1. The molecule has 0 saturated carbocycles. The van der Waals surface area contributed by atoms with Crippen LogP contribution in [0.15, 0.2) is 81.4 Å². The Morgan fingerprint density at radius 1 is 0.833 bits per heavy atom. The third-order valence-corrected chi connectivity index (χ3v) is 7.90. The van der Waals surface area contributed by atoms with Gasteiger partial charge in [-0.15, -0.1) is 0 Å². The number of nitrogens with one attached hydrogen (secondary N) is 1. The number of sulfone groups is 1. The summed E-state index contributed by atoms with van der Waals surface area (Å²) in [5.41, 5.74) is 0.719. The standard InChI is InChI=1S/C21H19F2NO4S2/c1-15-6-9-19(29(25,26)18-10-7-17(22)8-11-18)14-21(15)30(27,28)24-13-12-16-4-2-3-5-20(16)23/h2-11,14,24H,12-13H2,1H3. The molecule has 3 aromatic carbocycles. The van der Waals surface area contributed by atoms with Crippen LogP contribution in [0, 0.1) is 18.6 Å². The molecular formula is C21H19F2NO4S2. The van der Waals surface area contributed by atoms with Gasteiger partial charge in [0.2, 0.25) is 19.9 Å². The Bertz CT molecular complexity index is 1270. The Labute approximate surface area is 174 Å². The molecule has 0 amide bonds. The molecule has 0 radical (unpaired) electrons. The second-order valence-corrected chi connectivity index (χ2v) is 10.3. The number of aryl methyl sites for hydroxylation is 1. The molecule has 0 aliphatic carbocycles. The van der Waals surface area contributed by atoms with Gasteiger partial charge in [-0.25, -0.2) is 30.3 Å². The lowest BCUT2D eigenvalue weighted by molar-refractivity contribution is 0.576. The van der Waals surface area contributed by atoms with Crippen LogP contribution in [0.1, 0.15) is 11.1 Å². The van der Waals surface area contributed by atoms with E-state index in [0.717, 1.165) is 30.3 Å². The van der Waals surface area contributed by atoms with Crippen molar-refractivity contribution in [1.82, 2.24) is 4.72 Å². The van der Waals surface area contributed by atoms with Crippen molar-refractivity contribution in [3.8, 4) is 0 Å². The number of halogens is 2. The highest BCUT2D eigenvalue weighted by Gasteiger charge is 2.23. The van der Waals surface area contributed by atoms with Crippen molar-refractivity contribution < 1.29 is 25.6 Å². The number of benzene rings is 3. The van der Waals surface area contributed by atoms with Gasteiger partial charge >= 0.3 is 0 Å². The molecule has 30 heavy (non-hydrogen) atoms. The van der Waals surface area contributed by atoms with Gasteiger partial charge in [0, 0.05) is 6.54 Å². The summed E-state index contributed by atoms with van der Waals surface area (Å²) in [5.74, 6) is -1.01. The molecule has 0 bridgehead atoms. The summed E-state index contributed by atoms with van der Waals surface area (Å²) in [6.45, 7) is 1.48. The Hall–Kier alpha value is -2.62. The zero-order chi connectivity index (χ0) is 21.9. The van der Waals surface area contributed by atoms with Gasteiger partial charge in [-0.05, 0) is 66.9 Å². The predicted molar refractivity (Wildman–Crippen MR) is 108 cm³/mol. The van der Waals surface area contributed by atoms with Crippen LogP contribution in [0.5, 0.6) is 0 Å². The van der Waals surface area contributed by atoms with Crippen LogP contribution in [0.3, 0.4) is 0 Å². The van der Waals surface area contributed by atoms with Gasteiger partial charge in [-0.3, -0.25) is 0 Å². The Morgan fingerprint density at radius 2 is 1.47 bits per heavy atom. The van der Waals surface area contributed by atoms with Crippen molar-refractivity contribution in [2.24, 2.45) is 0 Å². The minimum Gasteiger partial charge on any atom is -0.219 e. The molecule has 0 spiro atoms. The van der Waals surface area contributed by atoms with E-state index in [0.29, 0.717) is 11.1 Å². The van der Waals surface area contributed by atoms with Crippen LogP contribution in [-0.2, 0) is 26.3 Å². The first-order chi connectivity index (χ1) is 14.1. The lowest BCUT2D eigenvalue weighted by Gasteiger charge is -2.12. The molecule has 5 nitrogen and oxygen atoms in total. The average Bonchev–Trinajstić information content (AvgIpc) is 2.70. The van der Waals surface area contributed by atoms with E-state index in [1.54, 1.807) is 25.1 Å². The van der Waals surface area contributed by atoms with Gasteiger partial charge in [0.15, 0.2) is 0 Å². The quantitative estimate of drug-likeness (QED) is 0.557. The molecule has 0 fully saturated rings. The first kappa shape index (κ1) is 22.1. The van der Waals surface area contributed by atoms with Crippen molar-refractivity contribution in [2.75, 3.05) is 6.54 Å². The number of hydrogen-bond donors (Lipinski definition) is 1. The highest BCUT2D eigenvalue weighted by atomic mass is 32.2. The summed E-state index contributed by atoms with van der Waals surface area (Å²) < 4.78 is 80.3.